The zero-order valence-electron chi connectivity index (χ0n) is 12.1. The molecule has 1 aromatic carbocycles. The normalized spacial score (nSPS) is 17.3. The first-order chi connectivity index (χ1) is 10.3. The third-order valence-corrected chi connectivity index (χ3v) is 4.10. The first-order valence-electron chi connectivity index (χ1n) is 7.69. The van der Waals surface area contributed by atoms with E-state index in [1.54, 1.807) is 10.9 Å². The Bertz CT molecular complexity index is 559. The van der Waals surface area contributed by atoms with Crippen LogP contribution in [0.3, 0.4) is 0 Å². The summed E-state index contributed by atoms with van der Waals surface area (Å²) in [7, 11) is 0. The fraction of sp³-hybridized carbons (Fsp3) is 0.412. The van der Waals surface area contributed by atoms with Crippen LogP contribution in [0.1, 0.15) is 43.7 Å². The molecule has 1 aliphatic rings. The van der Waals surface area contributed by atoms with E-state index in [9.17, 15) is 4.79 Å². The summed E-state index contributed by atoms with van der Waals surface area (Å²) in [5, 5.41) is 7.47. The van der Waals surface area contributed by atoms with Crippen molar-refractivity contribution in [2.45, 2.75) is 44.2 Å². The maximum Gasteiger partial charge on any atom is 0.249 e. The third kappa shape index (κ3) is 3.32. The molecule has 1 fully saturated rings. The third-order valence-electron chi connectivity index (χ3n) is 4.10. The molecule has 1 heterocycles. The second kappa shape index (κ2) is 6.57. The van der Waals surface area contributed by atoms with Gasteiger partial charge in [0, 0.05) is 18.4 Å². The largest absolute Gasteiger partial charge is 0.351 e. The summed E-state index contributed by atoms with van der Waals surface area (Å²) in [6.45, 7) is 0. The molecule has 1 atom stereocenters. The van der Waals surface area contributed by atoms with Crippen LogP contribution in [0.25, 0.3) is 0 Å². The van der Waals surface area contributed by atoms with Crippen LogP contribution >= 0.6 is 0 Å². The molecular weight excluding hydrogens is 262 g/mol. The lowest BCUT2D eigenvalue weighted by atomic mass is 9.95. The smallest absolute Gasteiger partial charge is 0.249 e. The zero-order valence-corrected chi connectivity index (χ0v) is 12.1. The minimum Gasteiger partial charge on any atom is -0.351 e. The molecule has 4 heteroatoms. The average Bonchev–Trinajstić information content (AvgIpc) is 3.03. The number of benzene rings is 1. The molecule has 0 radical (unpaired) electrons. The van der Waals surface area contributed by atoms with E-state index in [0.29, 0.717) is 6.04 Å². The van der Waals surface area contributed by atoms with E-state index < -0.39 is 0 Å². The molecule has 1 saturated carbocycles. The summed E-state index contributed by atoms with van der Waals surface area (Å²) in [6, 6.07) is 11.6. The molecule has 0 saturated heterocycles. The maximum absolute atomic E-state index is 12.7. The minimum absolute atomic E-state index is 0.0387. The highest BCUT2D eigenvalue weighted by Crippen LogP contribution is 2.21. The predicted octanol–water partition coefficient (Wildman–Crippen LogP) is 2.92. The number of carbonyl (C=O) groups excluding carboxylic acids is 1. The van der Waals surface area contributed by atoms with E-state index in [0.717, 1.165) is 18.4 Å². The van der Waals surface area contributed by atoms with E-state index in [4.69, 9.17) is 0 Å². The summed E-state index contributed by atoms with van der Waals surface area (Å²) in [4.78, 5) is 12.7. The molecule has 3 rings (SSSR count). The van der Waals surface area contributed by atoms with Crippen molar-refractivity contribution in [1.82, 2.24) is 15.1 Å². The molecule has 0 unspecified atom stereocenters. The van der Waals surface area contributed by atoms with Gasteiger partial charge in [-0.2, -0.15) is 5.10 Å². The van der Waals surface area contributed by atoms with Crippen LogP contribution < -0.4 is 5.32 Å². The molecule has 21 heavy (non-hydrogen) atoms. The first-order valence-corrected chi connectivity index (χ1v) is 7.69. The van der Waals surface area contributed by atoms with Crippen molar-refractivity contribution < 1.29 is 4.79 Å². The molecule has 0 aliphatic heterocycles. The molecule has 4 nitrogen and oxygen atoms in total. The lowest BCUT2D eigenvalue weighted by molar-refractivity contribution is -0.124. The number of hydrogen-bond acceptors (Lipinski definition) is 2. The quantitative estimate of drug-likeness (QED) is 0.937. The number of carbonyl (C=O) groups is 1. The number of nitrogens with one attached hydrogen (secondary N) is 1. The monoisotopic (exact) mass is 283 g/mol. The van der Waals surface area contributed by atoms with Gasteiger partial charge < -0.3 is 5.32 Å². The van der Waals surface area contributed by atoms with Gasteiger partial charge in [-0.05, 0) is 24.5 Å². The summed E-state index contributed by atoms with van der Waals surface area (Å²) in [6.07, 6.45) is 9.44. The lowest BCUT2D eigenvalue weighted by Crippen LogP contribution is -2.41. The van der Waals surface area contributed by atoms with Gasteiger partial charge in [0.25, 0.3) is 0 Å². The molecule has 1 aromatic heterocycles. The van der Waals surface area contributed by atoms with Gasteiger partial charge in [0.1, 0.15) is 0 Å². The summed E-state index contributed by atoms with van der Waals surface area (Å²) in [5.41, 5.74) is 0.967. The molecule has 0 spiro atoms. The van der Waals surface area contributed by atoms with E-state index >= 15 is 0 Å². The van der Waals surface area contributed by atoms with E-state index in [-0.39, 0.29) is 11.9 Å². The fourth-order valence-corrected chi connectivity index (χ4v) is 3.02. The maximum atomic E-state index is 12.7. The summed E-state index contributed by atoms with van der Waals surface area (Å²) < 4.78 is 1.73. The van der Waals surface area contributed by atoms with Gasteiger partial charge in [-0.25, -0.2) is 0 Å². The Morgan fingerprint density at radius 3 is 2.57 bits per heavy atom. The van der Waals surface area contributed by atoms with E-state index in [1.807, 2.05) is 42.6 Å². The Kier molecular flexibility index (Phi) is 4.34. The highest BCUT2D eigenvalue weighted by Gasteiger charge is 2.25. The fourth-order valence-electron chi connectivity index (χ4n) is 3.02. The second-order valence-electron chi connectivity index (χ2n) is 5.64. The van der Waals surface area contributed by atoms with Crippen LogP contribution in [0.5, 0.6) is 0 Å². The van der Waals surface area contributed by atoms with Crippen LogP contribution in [0.15, 0.2) is 48.8 Å². The van der Waals surface area contributed by atoms with Crippen LogP contribution in [-0.4, -0.2) is 21.7 Å². The number of rotatable bonds is 4. The molecule has 2 aromatic rings. The second-order valence-corrected chi connectivity index (χ2v) is 5.64. The minimum atomic E-state index is -0.386. The van der Waals surface area contributed by atoms with Gasteiger partial charge in [-0.3, -0.25) is 9.48 Å². The molecular formula is C17H21N3O. The summed E-state index contributed by atoms with van der Waals surface area (Å²) in [5.74, 6) is 0.0387. The molecule has 110 valence electrons. The van der Waals surface area contributed by atoms with Crippen LogP contribution in [0.4, 0.5) is 0 Å². The van der Waals surface area contributed by atoms with Crippen molar-refractivity contribution in [3.63, 3.8) is 0 Å². The SMILES string of the molecule is O=C(NC1CCCCC1)[C@@H](c1ccccc1)n1cccn1. The van der Waals surface area contributed by atoms with Crippen molar-refractivity contribution in [1.29, 1.82) is 0 Å². The first kappa shape index (κ1) is 13.9. The van der Waals surface area contributed by atoms with Crippen LogP contribution in [0, 0.1) is 0 Å². The number of nitrogens with zero attached hydrogens (tertiary/aromatic N) is 2. The van der Waals surface area contributed by atoms with Crippen molar-refractivity contribution in [3.8, 4) is 0 Å². The molecule has 1 aliphatic carbocycles. The van der Waals surface area contributed by atoms with E-state index in [2.05, 4.69) is 10.4 Å². The van der Waals surface area contributed by atoms with E-state index in [1.165, 1.54) is 19.3 Å². The number of hydrogen-bond donors (Lipinski definition) is 1. The standard InChI is InChI=1S/C17H21N3O/c21-17(19-15-10-5-2-6-11-15)16(20-13-7-12-18-20)14-8-3-1-4-9-14/h1,3-4,7-9,12-13,15-16H,2,5-6,10-11H2,(H,19,21)/t16-/m1/s1. The van der Waals surface area contributed by atoms with Gasteiger partial charge >= 0.3 is 0 Å². The Balaban J connectivity index is 1.80. The molecule has 0 bridgehead atoms. The Hall–Kier alpha value is -2.10. The van der Waals surface area contributed by atoms with Crippen molar-refractivity contribution >= 4 is 5.91 Å². The van der Waals surface area contributed by atoms with Crippen molar-refractivity contribution in [3.05, 3.63) is 54.4 Å². The van der Waals surface area contributed by atoms with Gasteiger partial charge in [0.05, 0.1) is 0 Å². The number of aromatic nitrogens is 2. The van der Waals surface area contributed by atoms with Gasteiger partial charge in [-0.15, -0.1) is 0 Å². The van der Waals surface area contributed by atoms with Crippen molar-refractivity contribution in [2.24, 2.45) is 0 Å². The molecule has 1 amide bonds. The van der Waals surface area contributed by atoms with Gasteiger partial charge in [-0.1, -0.05) is 49.6 Å². The molecule has 1 N–H and O–H groups in total. The van der Waals surface area contributed by atoms with Gasteiger partial charge in [0.15, 0.2) is 6.04 Å². The topological polar surface area (TPSA) is 46.9 Å². The number of amides is 1. The lowest BCUT2D eigenvalue weighted by Gasteiger charge is -2.26. The Labute approximate surface area is 125 Å². The van der Waals surface area contributed by atoms with Crippen LogP contribution in [0.2, 0.25) is 0 Å². The Morgan fingerprint density at radius 2 is 1.90 bits per heavy atom. The highest BCUT2D eigenvalue weighted by molar-refractivity contribution is 5.83. The van der Waals surface area contributed by atoms with Gasteiger partial charge in [0.2, 0.25) is 5.91 Å². The zero-order chi connectivity index (χ0) is 14.5. The highest BCUT2D eigenvalue weighted by atomic mass is 16.2. The summed E-state index contributed by atoms with van der Waals surface area (Å²) >= 11 is 0. The Morgan fingerprint density at radius 1 is 1.14 bits per heavy atom. The average molecular weight is 283 g/mol. The predicted molar refractivity (Wildman–Crippen MR) is 81.8 cm³/mol. The van der Waals surface area contributed by atoms with Crippen LogP contribution in [-0.2, 0) is 4.79 Å². The van der Waals surface area contributed by atoms with Crippen molar-refractivity contribution in [2.75, 3.05) is 0 Å².